The predicted molar refractivity (Wildman–Crippen MR) is 106 cm³/mol. The van der Waals surface area contributed by atoms with Crippen molar-refractivity contribution in [3.8, 4) is 0 Å². The van der Waals surface area contributed by atoms with E-state index in [1.165, 1.54) is 12.8 Å². The number of benzene rings is 1. The van der Waals surface area contributed by atoms with Crippen molar-refractivity contribution in [2.24, 2.45) is 5.92 Å². The normalized spacial score (nSPS) is 20.2. The van der Waals surface area contributed by atoms with E-state index in [1.807, 2.05) is 29.2 Å². The van der Waals surface area contributed by atoms with Gasteiger partial charge in [-0.05, 0) is 30.5 Å². The van der Waals surface area contributed by atoms with Gasteiger partial charge in [0.15, 0.2) is 0 Å². The van der Waals surface area contributed by atoms with Crippen LogP contribution in [0.1, 0.15) is 44.1 Å². The molecule has 2 aliphatic rings. The molecular formula is C20H26N2O4S. The molecule has 1 aliphatic heterocycles. The van der Waals surface area contributed by atoms with Crippen molar-refractivity contribution < 1.29 is 19.5 Å². The minimum Gasteiger partial charge on any atom is -0.481 e. The lowest BCUT2D eigenvalue weighted by atomic mass is 10.1. The molecule has 146 valence electrons. The van der Waals surface area contributed by atoms with E-state index in [4.69, 9.17) is 5.11 Å². The molecule has 1 atom stereocenters. The Kier molecular flexibility index (Phi) is 6.77. The molecule has 27 heavy (non-hydrogen) atoms. The van der Waals surface area contributed by atoms with Gasteiger partial charge in [-0.1, -0.05) is 25.0 Å². The number of carboxylic acid groups (broad SMARTS) is 1. The number of rotatable bonds is 8. The van der Waals surface area contributed by atoms with Crippen LogP contribution >= 0.6 is 11.8 Å². The maximum Gasteiger partial charge on any atom is 0.304 e. The van der Waals surface area contributed by atoms with Crippen LogP contribution in [0, 0.1) is 5.92 Å². The number of carbonyl (C=O) groups excluding carboxylic acids is 2. The van der Waals surface area contributed by atoms with E-state index < -0.39 is 5.97 Å². The molecule has 2 fully saturated rings. The Bertz CT molecular complexity index is 703. The van der Waals surface area contributed by atoms with Gasteiger partial charge in [-0.15, -0.1) is 0 Å². The Morgan fingerprint density at radius 2 is 2.04 bits per heavy atom. The topological polar surface area (TPSA) is 86.7 Å². The number of hydrogen-bond acceptors (Lipinski definition) is 4. The SMILES string of the molecule is O=C(O)CCSCc1cccc(NC(=O)C2CC(=O)N(C3CCCC3)C2)c1. The first kappa shape index (κ1) is 19.7. The maximum absolute atomic E-state index is 12.6. The van der Waals surface area contributed by atoms with Gasteiger partial charge in [-0.3, -0.25) is 14.4 Å². The number of carboxylic acids is 1. The Morgan fingerprint density at radius 3 is 2.78 bits per heavy atom. The minimum absolute atomic E-state index is 0.0977. The highest BCUT2D eigenvalue weighted by atomic mass is 32.2. The number of amides is 2. The summed E-state index contributed by atoms with van der Waals surface area (Å²) in [5.74, 6) is 0.194. The van der Waals surface area contributed by atoms with Crippen molar-refractivity contribution in [1.29, 1.82) is 0 Å². The number of anilines is 1. The summed E-state index contributed by atoms with van der Waals surface area (Å²) in [6.45, 7) is 0.528. The Balaban J connectivity index is 1.51. The Morgan fingerprint density at radius 1 is 1.26 bits per heavy atom. The van der Waals surface area contributed by atoms with Gasteiger partial charge >= 0.3 is 5.97 Å². The van der Waals surface area contributed by atoms with Crippen molar-refractivity contribution in [2.75, 3.05) is 17.6 Å². The summed E-state index contributed by atoms with van der Waals surface area (Å²) in [5, 5.41) is 11.6. The number of carbonyl (C=O) groups is 3. The zero-order valence-electron chi connectivity index (χ0n) is 15.4. The summed E-state index contributed by atoms with van der Waals surface area (Å²) in [4.78, 5) is 37.3. The Labute approximate surface area is 163 Å². The number of nitrogens with one attached hydrogen (secondary N) is 1. The fraction of sp³-hybridized carbons (Fsp3) is 0.550. The second-order valence-corrected chi connectivity index (χ2v) is 8.38. The molecule has 1 saturated heterocycles. The number of aliphatic carboxylic acids is 1. The third kappa shape index (κ3) is 5.48. The van der Waals surface area contributed by atoms with Crippen LogP contribution in [-0.4, -0.2) is 46.1 Å². The molecule has 3 rings (SSSR count). The third-order valence-electron chi connectivity index (χ3n) is 5.22. The molecule has 6 nitrogen and oxygen atoms in total. The minimum atomic E-state index is -0.790. The van der Waals surface area contributed by atoms with Crippen LogP contribution in [0.3, 0.4) is 0 Å². The summed E-state index contributed by atoms with van der Waals surface area (Å²) < 4.78 is 0. The summed E-state index contributed by atoms with van der Waals surface area (Å²) in [6.07, 6.45) is 4.90. The van der Waals surface area contributed by atoms with E-state index in [0.717, 1.165) is 24.1 Å². The summed E-state index contributed by atoms with van der Waals surface area (Å²) in [5.41, 5.74) is 1.77. The van der Waals surface area contributed by atoms with Crippen molar-refractivity contribution in [3.05, 3.63) is 29.8 Å². The second kappa shape index (κ2) is 9.26. The molecule has 1 heterocycles. The van der Waals surface area contributed by atoms with Gasteiger partial charge in [0.05, 0.1) is 12.3 Å². The first-order chi connectivity index (χ1) is 13.0. The molecule has 1 unspecified atom stereocenters. The zero-order chi connectivity index (χ0) is 19.2. The predicted octanol–water partition coefficient (Wildman–Crippen LogP) is 3.12. The molecule has 1 aliphatic carbocycles. The van der Waals surface area contributed by atoms with Crippen LogP contribution in [0.2, 0.25) is 0 Å². The van der Waals surface area contributed by atoms with Crippen LogP contribution in [0.15, 0.2) is 24.3 Å². The summed E-state index contributed by atoms with van der Waals surface area (Å²) in [6, 6.07) is 7.92. The highest BCUT2D eigenvalue weighted by Crippen LogP contribution is 2.30. The first-order valence-electron chi connectivity index (χ1n) is 9.52. The lowest BCUT2D eigenvalue weighted by Gasteiger charge is -2.23. The molecule has 0 spiro atoms. The molecule has 0 radical (unpaired) electrons. The first-order valence-corrected chi connectivity index (χ1v) is 10.7. The highest BCUT2D eigenvalue weighted by molar-refractivity contribution is 7.98. The fourth-order valence-electron chi connectivity index (χ4n) is 3.81. The van der Waals surface area contributed by atoms with Crippen molar-refractivity contribution in [1.82, 2.24) is 4.90 Å². The smallest absolute Gasteiger partial charge is 0.304 e. The second-order valence-electron chi connectivity index (χ2n) is 7.27. The maximum atomic E-state index is 12.6. The van der Waals surface area contributed by atoms with Gasteiger partial charge in [0.1, 0.15) is 0 Å². The number of nitrogens with zero attached hydrogens (tertiary/aromatic N) is 1. The van der Waals surface area contributed by atoms with Gasteiger partial charge in [-0.25, -0.2) is 0 Å². The largest absolute Gasteiger partial charge is 0.481 e. The van der Waals surface area contributed by atoms with Gasteiger partial charge in [-0.2, -0.15) is 11.8 Å². The lowest BCUT2D eigenvalue weighted by molar-refractivity contribution is -0.136. The molecule has 2 N–H and O–H groups in total. The van der Waals surface area contributed by atoms with Gasteiger partial charge in [0, 0.05) is 36.2 Å². The third-order valence-corrected chi connectivity index (χ3v) is 6.25. The molecule has 1 saturated carbocycles. The van der Waals surface area contributed by atoms with Crippen LogP contribution in [0.25, 0.3) is 0 Å². The molecule has 7 heteroatoms. The van der Waals surface area contributed by atoms with E-state index in [9.17, 15) is 14.4 Å². The van der Waals surface area contributed by atoms with Crippen molar-refractivity contribution >= 4 is 35.2 Å². The van der Waals surface area contributed by atoms with Crippen LogP contribution < -0.4 is 5.32 Å². The van der Waals surface area contributed by atoms with Crippen LogP contribution in [0.4, 0.5) is 5.69 Å². The molecular weight excluding hydrogens is 364 g/mol. The lowest BCUT2D eigenvalue weighted by Crippen LogP contribution is -2.35. The van der Waals surface area contributed by atoms with Crippen LogP contribution in [0.5, 0.6) is 0 Å². The van der Waals surface area contributed by atoms with Gasteiger partial charge in [0.25, 0.3) is 0 Å². The standard InChI is InChI=1S/C20H26N2O4S/c23-18-11-15(12-22(18)17-6-1-2-7-17)20(26)21-16-5-3-4-14(10-16)13-27-9-8-19(24)25/h3-5,10,15,17H,1-2,6-9,11-13H2,(H,21,26)(H,24,25). The number of likely N-dealkylation sites (tertiary alicyclic amines) is 1. The van der Waals surface area contributed by atoms with E-state index in [-0.39, 0.29) is 24.2 Å². The summed E-state index contributed by atoms with van der Waals surface area (Å²) in [7, 11) is 0. The summed E-state index contributed by atoms with van der Waals surface area (Å²) >= 11 is 1.56. The van der Waals surface area contributed by atoms with E-state index >= 15 is 0 Å². The zero-order valence-corrected chi connectivity index (χ0v) is 16.2. The van der Waals surface area contributed by atoms with E-state index in [2.05, 4.69) is 5.32 Å². The van der Waals surface area contributed by atoms with Gasteiger partial charge < -0.3 is 15.3 Å². The van der Waals surface area contributed by atoms with E-state index in [1.54, 1.807) is 11.8 Å². The fourth-order valence-corrected chi connectivity index (χ4v) is 4.69. The van der Waals surface area contributed by atoms with Gasteiger partial charge in [0.2, 0.25) is 11.8 Å². The quantitative estimate of drug-likeness (QED) is 0.666. The highest BCUT2D eigenvalue weighted by Gasteiger charge is 2.38. The van der Waals surface area contributed by atoms with Crippen molar-refractivity contribution in [3.63, 3.8) is 0 Å². The number of thioether (sulfide) groups is 1. The average Bonchev–Trinajstić information content (AvgIpc) is 3.28. The molecule has 2 amide bonds. The van der Waals surface area contributed by atoms with E-state index in [0.29, 0.717) is 30.5 Å². The van der Waals surface area contributed by atoms with Crippen LogP contribution in [-0.2, 0) is 20.1 Å². The monoisotopic (exact) mass is 390 g/mol. The molecule has 0 bridgehead atoms. The molecule has 0 aromatic heterocycles. The van der Waals surface area contributed by atoms with Crippen molar-refractivity contribution in [2.45, 2.75) is 50.3 Å². The molecule has 1 aromatic carbocycles. The average molecular weight is 391 g/mol. The number of hydrogen-bond donors (Lipinski definition) is 2. The molecule has 1 aromatic rings. The Hall–Kier alpha value is -2.02.